The number of nitrogens with one attached hydrogen (secondary N) is 1. The van der Waals surface area contributed by atoms with Gasteiger partial charge in [0.05, 0.1) is 5.92 Å². The minimum absolute atomic E-state index is 0.108. The summed E-state index contributed by atoms with van der Waals surface area (Å²) in [5.74, 6) is -0.323. The van der Waals surface area contributed by atoms with Gasteiger partial charge in [-0.15, -0.1) is 10.2 Å². The van der Waals surface area contributed by atoms with Gasteiger partial charge >= 0.3 is 0 Å². The maximum Gasteiger partial charge on any atom is 0.231 e. The van der Waals surface area contributed by atoms with Crippen molar-refractivity contribution in [1.29, 1.82) is 0 Å². The van der Waals surface area contributed by atoms with Crippen molar-refractivity contribution in [2.45, 2.75) is 58.1 Å². The molecular weight excluding hydrogens is 328 g/mol. The molecule has 7 nitrogen and oxygen atoms in total. The van der Waals surface area contributed by atoms with Crippen molar-refractivity contribution < 1.29 is 14.3 Å². The number of carbonyl (C=O) groups excluding carboxylic acids is 2. The number of hydrogen-bond acceptors (Lipinski definition) is 6. The van der Waals surface area contributed by atoms with Gasteiger partial charge in [-0.3, -0.25) is 9.59 Å². The van der Waals surface area contributed by atoms with Crippen LogP contribution in [-0.2, 0) is 20.9 Å². The summed E-state index contributed by atoms with van der Waals surface area (Å²) in [4.78, 5) is 26.6. The number of nitrogens with zero attached hydrogens (tertiary/aromatic N) is 3. The molecule has 2 amide bonds. The topological polar surface area (TPSA) is 84.4 Å². The molecule has 0 spiro atoms. The Morgan fingerprint density at radius 1 is 1.33 bits per heavy atom. The van der Waals surface area contributed by atoms with Crippen molar-refractivity contribution >= 4 is 28.3 Å². The van der Waals surface area contributed by atoms with Crippen LogP contribution in [0.5, 0.6) is 0 Å². The van der Waals surface area contributed by atoms with Crippen LogP contribution in [0.1, 0.15) is 50.5 Å². The Hall–Kier alpha value is -1.54. The predicted octanol–water partition coefficient (Wildman–Crippen LogP) is 2.19. The first-order valence-electron chi connectivity index (χ1n) is 8.67. The molecule has 8 heteroatoms. The van der Waals surface area contributed by atoms with Gasteiger partial charge in [0.1, 0.15) is 11.6 Å². The number of amides is 2. The molecule has 1 aromatic rings. The van der Waals surface area contributed by atoms with E-state index in [0.29, 0.717) is 37.4 Å². The molecule has 2 heterocycles. The van der Waals surface area contributed by atoms with Crippen LogP contribution in [0.15, 0.2) is 0 Å². The Balaban J connectivity index is 1.53. The highest BCUT2D eigenvalue weighted by atomic mass is 32.1. The highest BCUT2D eigenvalue weighted by Crippen LogP contribution is 2.29. The highest BCUT2D eigenvalue weighted by Gasteiger charge is 2.38. The van der Waals surface area contributed by atoms with Crippen molar-refractivity contribution in [3.8, 4) is 0 Å². The lowest BCUT2D eigenvalue weighted by atomic mass is 9.94. The van der Waals surface area contributed by atoms with Crippen LogP contribution in [0.25, 0.3) is 0 Å². The van der Waals surface area contributed by atoms with E-state index in [1.807, 2.05) is 11.8 Å². The van der Waals surface area contributed by atoms with Crippen LogP contribution >= 0.6 is 11.3 Å². The SMILES string of the molecule is CCOCc1nnc(NC(=O)[C@@H]2CC(=O)N(C3CCCCC3)C2)s1. The van der Waals surface area contributed by atoms with Crippen LogP contribution in [0.3, 0.4) is 0 Å². The van der Waals surface area contributed by atoms with Gasteiger partial charge in [0.15, 0.2) is 0 Å². The minimum Gasteiger partial charge on any atom is -0.374 e. The van der Waals surface area contributed by atoms with Crippen molar-refractivity contribution in [1.82, 2.24) is 15.1 Å². The highest BCUT2D eigenvalue weighted by molar-refractivity contribution is 7.15. The first-order chi connectivity index (χ1) is 11.7. The largest absolute Gasteiger partial charge is 0.374 e. The van der Waals surface area contributed by atoms with Gasteiger partial charge in [0.25, 0.3) is 0 Å². The van der Waals surface area contributed by atoms with Crippen molar-refractivity contribution in [2.24, 2.45) is 5.92 Å². The Labute approximate surface area is 145 Å². The average molecular weight is 352 g/mol. The van der Waals surface area contributed by atoms with Crippen LogP contribution in [0.2, 0.25) is 0 Å². The lowest BCUT2D eigenvalue weighted by Gasteiger charge is -2.31. The van der Waals surface area contributed by atoms with Gasteiger partial charge in [0.2, 0.25) is 16.9 Å². The average Bonchev–Trinajstić information content (AvgIpc) is 3.20. The summed E-state index contributed by atoms with van der Waals surface area (Å²) in [5, 5.41) is 12.0. The van der Waals surface area contributed by atoms with E-state index in [-0.39, 0.29) is 17.7 Å². The number of anilines is 1. The Morgan fingerprint density at radius 2 is 2.12 bits per heavy atom. The van der Waals surface area contributed by atoms with Crippen molar-refractivity contribution in [2.75, 3.05) is 18.5 Å². The molecule has 3 rings (SSSR count). The fraction of sp³-hybridized carbons (Fsp3) is 0.750. The van der Waals surface area contributed by atoms with E-state index in [1.165, 1.54) is 30.6 Å². The van der Waals surface area contributed by atoms with Crippen LogP contribution < -0.4 is 5.32 Å². The summed E-state index contributed by atoms with van der Waals surface area (Å²) < 4.78 is 5.28. The summed E-state index contributed by atoms with van der Waals surface area (Å²) in [6, 6.07) is 0.323. The lowest BCUT2D eigenvalue weighted by Crippen LogP contribution is -2.38. The Morgan fingerprint density at radius 3 is 2.88 bits per heavy atom. The van der Waals surface area contributed by atoms with Gasteiger partial charge in [0, 0.05) is 25.6 Å². The smallest absolute Gasteiger partial charge is 0.231 e. The molecule has 0 unspecified atom stereocenters. The van der Waals surface area contributed by atoms with E-state index in [1.54, 1.807) is 0 Å². The molecule has 1 N–H and O–H groups in total. The van der Waals surface area contributed by atoms with Gasteiger partial charge in [-0.05, 0) is 19.8 Å². The van der Waals surface area contributed by atoms with Crippen molar-refractivity contribution in [3.63, 3.8) is 0 Å². The number of carbonyl (C=O) groups is 2. The molecule has 2 aliphatic rings. The summed E-state index contributed by atoms with van der Waals surface area (Å²) in [7, 11) is 0. The minimum atomic E-state index is -0.293. The van der Waals surface area contributed by atoms with Crippen LogP contribution in [-0.4, -0.2) is 46.1 Å². The van der Waals surface area contributed by atoms with E-state index in [0.717, 1.165) is 17.8 Å². The van der Waals surface area contributed by atoms with Crippen molar-refractivity contribution in [3.05, 3.63) is 5.01 Å². The summed E-state index contributed by atoms with van der Waals surface area (Å²) in [6.45, 7) is 3.46. The molecule has 1 saturated carbocycles. The maximum absolute atomic E-state index is 12.4. The van der Waals surface area contributed by atoms with E-state index in [9.17, 15) is 9.59 Å². The zero-order chi connectivity index (χ0) is 16.9. The normalized spacial score (nSPS) is 22.1. The second kappa shape index (κ2) is 8.02. The predicted molar refractivity (Wildman–Crippen MR) is 90.6 cm³/mol. The third kappa shape index (κ3) is 4.10. The number of hydrogen-bond donors (Lipinski definition) is 1. The molecule has 1 aliphatic carbocycles. The van der Waals surface area contributed by atoms with E-state index in [4.69, 9.17) is 4.74 Å². The molecule has 1 aliphatic heterocycles. The third-order valence-corrected chi connectivity index (χ3v) is 5.48. The van der Waals surface area contributed by atoms with Crippen LogP contribution in [0.4, 0.5) is 5.13 Å². The molecule has 0 radical (unpaired) electrons. The number of rotatable bonds is 6. The van der Waals surface area contributed by atoms with E-state index < -0.39 is 0 Å². The first-order valence-corrected chi connectivity index (χ1v) is 9.49. The monoisotopic (exact) mass is 352 g/mol. The zero-order valence-electron chi connectivity index (χ0n) is 14.0. The zero-order valence-corrected chi connectivity index (χ0v) is 14.8. The van der Waals surface area contributed by atoms with E-state index in [2.05, 4.69) is 15.5 Å². The number of ether oxygens (including phenoxy) is 1. The van der Waals surface area contributed by atoms with Gasteiger partial charge in [-0.1, -0.05) is 30.6 Å². The molecule has 0 aromatic carbocycles. The second-order valence-electron chi connectivity index (χ2n) is 6.37. The van der Waals surface area contributed by atoms with Crippen LogP contribution in [0, 0.1) is 5.92 Å². The molecule has 2 fully saturated rings. The molecule has 1 aromatic heterocycles. The fourth-order valence-corrected chi connectivity index (χ4v) is 4.09. The second-order valence-corrected chi connectivity index (χ2v) is 7.43. The lowest BCUT2D eigenvalue weighted by molar-refractivity contribution is -0.130. The number of likely N-dealkylation sites (tertiary alicyclic amines) is 1. The molecule has 132 valence electrons. The van der Waals surface area contributed by atoms with Gasteiger partial charge < -0.3 is 15.0 Å². The molecule has 1 atom stereocenters. The molecule has 0 bridgehead atoms. The van der Waals surface area contributed by atoms with Gasteiger partial charge in [-0.2, -0.15) is 0 Å². The third-order valence-electron chi connectivity index (χ3n) is 4.67. The number of aromatic nitrogens is 2. The Bertz CT molecular complexity index is 586. The van der Waals surface area contributed by atoms with E-state index >= 15 is 0 Å². The quantitative estimate of drug-likeness (QED) is 0.848. The summed E-state index contributed by atoms with van der Waals surface area (Å²) in [6.07, 6.45) is 6.04. The molecule has 24 heavy (non-hydrogen) atoms. The standard InChI is InChI=1S/C16H24N4O3S/c1-2-23-10-13-18-19-16(24-13)17-15(22)11-8-14(21)20(9-11)12-6-4-3-5-7-12/h11-12H,2-10H2,1H3,(H,17,19,22)/t11-/m1/s1. The fourth-order valence-electron chi connectivity index (χ4n) is 3.41. The maximum atomic E-state index is 12.4. The summed E-state index contributed by atoms with van der Waals surface area (Å²) >= 11 is 1.31. The van der Waals surface area contributed by atoms with Gasteiger partial charge in [-0.25, -0.2) is 0 Å². The molecular formula is C16H24N4O3S. The Kier molecular flexibility index (Phi) is 5.78. The molecule has 1 saturated heterocycles. The summed E-state index contributed by atoms with van der Waals surface area (Å²) in [5.41, 5.74) is 0. The first kappa shape index (κ1) is 17.3.